The van der Waals surface area contributed by atoms with Gasteiger partial charge in [-0.3, -0.25) is 9.59 Å². The summed E-state index contributed by atoms with van der Waals surface area (Å²) in [6.07, 6.45) is 0.0401. The minimum atomic E-state index is -0.907. The summed E-state index contributed by atoms with van der Waals surface area (Å²) in [5.41, 5.74) is 0.591. The van der Waals surface area contributed by atoms with Gasteiger partial charge in [0, 0.05) is 18.1 Å². The summed E-state index contributed by atoms with van der Waals surface area (Å²) in [6.45, 7) is 0.542. The lowest BCUT2D eigenvalue weighted by Crippen LogP contribution is -2.47. The molecule has 1 N–H and O–H groups in total. The van der Waals surface area contributed by atoms with Gasteiger partial charge in [0.25, 0.3) is 0 Å². The molecule has 114 valence electrons. The van der Waals surface area contributed by atoms with Gasteiger partial charge in [0.2, 0.25) is 5.91 Å². The smallest absolute Gasteiger partial charge is 0.305 e. The molecule has 1 unspecified atom stereocenters. The minimum absolute atomic E-state index is 0.0482. The minimum Gasteiger partial charge on any atom is -0.481 e. The molecule has 0 aromatic heterocycles. The fourth-order valence-electron chi connectivity index (χ4n) is 2.28. The second-order valence-electron chi connectivity index (χ2n) is 4.84. The quantitative estimate of drug-likeness (QED) is 0.878. The summed E-state index contributed by atoms with van der Waals surface area (Å²) in [5.74, 6) is -0.0293. The Morgan fingerprint density at radius 3 is 2.90 bits per heavy atom. The highest BCUT2D eigenvalue weighted by Gasteiger charge is 2.28. The Kier molecular flexibility index (Phi) is 5.64. The van der Waals surface area contributed by atoms with Crippen molar-refractivity contribution in [1.29, 1.82) is 0 Å². The SMILES string of the molecule is O=C(O)CC1CSCCN1C(=O)Cc1ccc(Br)c(F)c1. The molecule has 1 aromatic carbocycles. The molecule has 1 amide bonds. The van der Waals surface area contributed by atoms with Crippen LogP contribution in [0.4, 0.5) is 4.39 Å². The van der Waals surface area contributed by atoms with Crippen molar-refractivity contribution in [3.8, 4) is 0 Å². The van der Waals surface area contributed by atoms with Crippen molar-refractivity contribution in [2.24, 2.45) is 0 Å². The summed E-state index contributed by atoms with van der Waals surface area (Å²) in [7, 11) is 0. The molecule has 1 fully saturated rings. The van der Waals surface area contributed by atoms with E-state index in [1.807, 2.05) is 0 Å². The van der Waals surface area contributed by atoms with Crippen LogP contribution in [0.2, 0.25) is 0 Å². The van der Waals surface area contributed by atoms with Gasteiger partial charge in [-0.05, 0) is 33.6 Å². The first-order chi connectivity index (χ1) is 9.97. The zero-order valence-corrected chi connectivity index (χ0v) is 13.6. The Balaban J connectivity index is 2.06. The van der Waals surface area contributed by atoms with E-state index in [2.05, 4.69) is 15.9 Å². The summed E-state index contributed by atoms with van der Waals surface area (Å²) in [6, 6.07) is 4.30. The zero-order valence-electron chi connectivity index (χ0n) is 11.2. The van der Waals surface area contributed by atoms with Gasteiger partial charge >= 0.3 is 5.97 Å². The molecular weight excluding hydrogens is 361 g/mol. The van der Waals surface area contributed by atoms with E-state index in [1.165, 1.54) is 6.07 Å². The van der Waals surface area contributed by atoms with Crippen molar-refractivity contribution >= 4 is 39.6 Å². The first kappa shape index (κ1) is 16.3. The van der Waals surface area contributed by atoms with E-state index in [0.29, 0.717) is 22.3 Å². The Bertz CT molecular complexity index is 555. The fourth-order valence-corrected chi connectivity index (χ4v) is 3.59. The lowest BCUT2D eigenvalue weighted by molar-refractivity contribution is -0.140. The Labute approximate surface area is 134 Å². The number of carbonyl (C=O) groups is 2. The van der Waals surface area contributed by atoms with E-state index in [0.717, 1.165) is 5.75 Å². The molecule has 1 atom stereocenters. The molecule has 0 radical (unpaired) electrons. The number of carboxylic acids is 1. The molecule has 4 nitrogen and oxygen atoms in total. The number of hydrogen-bond donors (Lipinski definition) is 1. The summed E-state index contributed by atoms with van der Waals surface area (Å²) in [4.78, 5) is 24.8. The van der Waals surface area contributed by atoms with Crippen LogP contribution in [0.1, 0.15) is 12.0 Å². The van der Waals surface area contributed by atoms with Crippen LogP contribution in [0, 0.1) is 5.82 Å². The highest BCUT2D eigenvalue weighted by molar-refractivity contribution is 9.10. The molecular formula is C14H15BrFNO3S. The van der Waals surface area contributed by atoms with Gasteiger partial charge in [-0.15, -0.1) is 0 Å². The normalized spacial score (nSPS) is 18.6. The topological polar surface area (TPSA) is 57.6 Å². The standard InChI is InChI=1S/C14H15BrFNO3S/c15-11-2-1-9(5-12(11)16)6-13(18)17-3-4-21-8-10(17)7-14(19)20/h1-2,5,10H,3-4,6-8H2,(H,19,20). The monoisotopic (exact) mass is 375 g/mol. The van der Waals surface area contributed by atoms with Crippen LogP contribution in [0.15, 0.2) is 22.7 Å². The molecule has 1 saturated heterocycles. The highest BCUT2D eigenvalue weighted by atomic mass is 79.9. The van der Waals surface area contributed by atoms with E-state index < -0.39 is 11.8 Å². The molecule has 0 saturated carbocycles. The highest BCUT2D eigenvalue weighted by Crippen LogP contribution is 2.21. The third kappa shape index (κ3) is 4.44. The van der Waals surface area contributed by atoms with Gasteiger partial charge < -0.3 is 10.0 Å². The van der Waals surface area contributed by atoms with Crippen molar-refractivity contribution < 1.29 is 19.1 Å². The number of rotatable bonds is 4. The molecule has 0 spiro atoms. The predicted molar refractivity (Wildman–Crippen MR) is 82.9 cm³/mol. The van der Waals surface area contributed by atoms with Gasteiger partial charge in [0.1, 0.15) is 5.82 Å². The molecule has 0 bridgehead atoms. The van der Waals surface area contributed by atoms with Gasteiger partial charge in [-0.1, -0.05) is 6.07 Å². The number of carboxylic acid groups (broad SMARTS) is 1. The molecule has 0 aliphatic carbocycles. The average molecular weight is 376 g/mol. The lowest BCUT2D eigenvalue weighted by Gasteiger charge is -2.34. The van der Waals surface area contributed by atoms with Crippen LogP contribution >= 0.6 is 27.7 Å². The van der Waals surface area contributed by atoms with E-state index in [-0.39, 0.29) is 24.8 Å². The number of nitrogens with zero attached hydrogens (tertiary/aromatic N) is 1. The number of thioether (sulfide) groups is 1. The number of carbonyl (C=O) groups excluding carboxylic acids is 1. The van der Waals surface area contributed by atoms with Crippen molar-refractivity contribution in [2.75, 3.05) is 18.1 Å². The first-order valence-corrected chi connectivity index (χ1v) is 8.45. The second kappa shape index (κ2) is 7.26. The molecule has 2 rings (SSSR count). The number of benzene rings is 1. The molecule has 1 aliphatic heterocycles. The van der Waals surface area contributed by atoms with Crippen LogP contribution in [0.25, 0.3) is 0 Å². The largest absolute Gasteiger partial charge is 0.481 e. The van der Waals surface area contributed by atoms with E-state index >= 15 is 0 Å². The number of aliphatic carboxylic acids is 1. The Hall–Kier alpha value is -1.08. The molecule has 1 aliphatic rings. The predicted octanol–water partition coefficient (Wildman–Crippen LogP) is 2.55. The number of amides is 1. The molecule has 1 aromatic rings. The zero-order chi connectivity index (χ0) is 15.4. The van der Waals surface area contributed by atoms with Gasteiger partial charge in [-0.25, -0.2) is 4.39 Å². The Morgan fingerprint density at radius 2 is 2.24 bits per heavy atom. The van der Waals surface area contributed by atoms with E-state index in [9.17, 15) is 14.0 Å². The molecule has 1 heterocycles. The molecule has 7 heteroatoms. The fraction of sp³-hybridized carbons (Fsp3) is 0.429. The van der Waals surface area contributed by atoms with Crippen molar-refractivity contribution in [1.82, 2.24) is 4.90 Å². The third-order valence-electron chi connectivity index (χ3n) is 3.30. The summed E-state index contributed by atoms with van der Waals surface area (Å²) < 4.78 is 13.8. The second-order valence-corrected chi connectivity index (χ2v) is 6.84. The molecule has 21 heavy (non-hydrogen) atoms. The number of hydrogen-bond acceptors (Lipinski definition) is 3. The van der Waals surface area contributed by atoms with Crippen LogP contribution in [-0.2, 0) is 16.0 Å². The van der Waals surface area contributed by atoms with Crippen LogP contribution in [0.5, 0.6) is 0 Å². The van der Waals surface area contributed by atoms with Gasteiger partial charge in [0.15, 0.2) is 0 Å². The van der Waals surface area contributed by atoms with Crippen molar-refractivity contribution in [3.63, 3.8) is 0 Å². The van der Waals surface area contributed by atoms with Gasteiger partial charge in [0.05, 0.1) is 23.4 Å². The van der Waals surface area contributed by atoms with E-state index in [1.54, 1.807) is 28.8 Å². The van der Waals surface area contributed by atoms with Crippen LogP contribution in [-0.4, -0.2) is 46.0 Å². The third-order valence-corrected chi connectivity index (χ3v) is 5.03. The maximum Gasteiger partial charge on any atom is 0.305 e. The first-order valence-electron chi connectivity index (χ1n) is 6.50. The maximum absolute atomic E-state index is 13.5. The average Bonchev–Trinajstić information content (AvgIpc) is 2.43. The lowest BCUT2D eigenvalue weighted by atomic mass is 10.1. The van der Waals surface area contributed by atoms with E-state index in [4.69, 9.17) is 5.11 Å². The summed E-state index contributed by atoms with van der Waals surface area (Å²) >= 11 is 4.72. The van der Waals surface area contributed by atoms with Crippen molar-refractivity contribution in [3.05, 3.63) is 34.1 Å². The van der Waals surface area contributed by atoms with Crippen LogP contribution in [0.3, 0.4) is 0 Å². The summed E-state index contributed by atoms with van der Waals surface area (Å²) in [5, 5.41) is 8.92. The van der Waals surface area contributed by atoms with Crippen LogP contribution < -0.4 is 0 Å². The van der Waals surface area contributed by atoms with Crippen molar-refractivity contribution in [2.45, 2.75) is 18.9 Å². The maximum atomic E-state index is 13.5. The Morgan fingerprint density at radius 1 is 1.48 bits per heavy atom. The van der Waals surface area contributed by atoms with Gasteiger partial charge in [-0.2, -0.15) is 11.8 Å². The number of halogens is 2.